The molecular weight excluding hydrogens is 252 g/mol. The molecule has 1 aromatic carbocycles. The maximum absolute atomic E-state index is 10.9. The number of carbonyl (C=O) groups is 1. The van der Waals surface area contributed by atoms with Crippen LogP contribution in [0.5, 0.6) is 0 Å². The van der Waals surface area contributed by atoms with Gasteiger partial charge in [-0.2, -0.15) is 0 Å². The Hall–Kier alpha value is -1.39. The van der Waals surface area contributed by atoms with Crippen LogP contribution >= 0.6 is 0 Å². The average Bonchev–Trinajstić information content (AvgIpc) is 2.41. The van der Waals surface area contributed by atoms with Gasteiger partial charge in [-0.05, 0) is 45.5 Å². The van der Waals surface area contributed by atoms with Crippen LogP contribution in [0.3, 0.4) is 0 Å². The molecule has 0 radical (unpaired) electrons. The zero-order valence-corrected chi connectivity index (χ0v) is 12.6. The Morgan fingerprint density at radius 2 is 1.75 bits per heavy atom. The summed E-state index contributed by atoms with van der Waals surface area (Å²) in [7, 11) is 4.02. The van der Waals surface area contributed by atoms with Gasteiger partial charge in [0.15, 0.2) is 0 Å². The Kier molecular flexibility index (Phi) is 7.92. The first-order valence-corrected chi connectivity index (χ1v) is 7.20. The molecule has 4 nitrogen and oxygen atoms in total. The van der Waals surface area contributed by atoms with Crippen molar-refractivity contribution < 1.29 is 9.90 Å². The van der Waals surface area contributed by atoms with Crippen LogP contribution in [0.2, 0.25) is 0 Å². The molecule has 0 aliphatic carbocycles. The molecule has 0 spiro atoms. The lowest BCUT2D eigenvalue weighted by Gasteiger charge is -2.22. The van der Waals surface area contributed by atoms with Gasteiger partial charge in [0, 0.05) is 13.1 Å². The number of likely N-dealkylation sites (N-methyl/N-ethyl adjacent to an activating group) is 1. The molecule has 1 aromatic rings. The molecule has 0 fully saturated rings. The quantitative estimate of drug-likeness (QED) is 0.664. The van der Waals surface area contributed by atoms with Crippen molar-refractivity contribution in [2.45, 2.75) is 19.3 Å². The van der Waals surface area contributed by atoms with E-state index in [0.717, 1.165) is 38.9 Å². The summed E-state index contributed by atoms with van der Waals surface area (Å²) >= 11 is 0. The summed E-state index contributed by atoms with van der Waals surface area (Å²) in [4.78, 5) is 15.0. The topological polar surface area (TPSA) is 43.8 Å². The van der Waals surface area contributed by atoms with Crippen molar-refractivity contribution in [1.29, 1.82) is 0 Å². The van der Waals surface area contributed by atoms with Crippen LogP contribution in [0.1, 0.15) is 18.4 Å². The maximum atomic E-state index is 10.9. The second kappa shape index (κ2) is 9.50. The number of rotatable bonds is 10. The van der Waals surface area contributed by atoms with Crippen molar-refractivity contribution in [2.75, 3.05) is 40.3 Å². The lowest BCUT2D eigenvalue weighted by molar-refractivity contribution is -0.138. The highest BCUT2D eigenvalue weighted by Crippen LogP contribution is 2.05. The van der Waals surface area contributed by atoms with Gasteiger partial charge in [0.1, 0.15) is 0 Å². The largest absolute Gasteiger partial charge is 0.480 e. The molecule has 0 heterocycles. The molecule has 0 aliphatic rings. The third-order valence-corrected chi connectivity index (χ3v) is 3.25. The van der Waals surface area contributed by atoms with E-state index in [9.17, 15) is 4.79 Å². The van der Waals surface area contributed by atoms with E-state index in [4.69, 9.17) is 5.11 Å². The van der Waals surface area contributed by atoms with Gasteiger partial charge < -0.3 is 10.0 Å². The number of carboxylic acid groups (broad SMARTS) is 1. The zero-order valence-electron chi connectivity index (χ0n) is 12.6. The number of aryl methyl sites for hydroxylation is 1. The van der Waals surface area contributed by atoms with Crippen LogP contribution in [0.4, 0.5) is 0 Å². The third kappa shape index (κ3) is 7.92. The molecule has 0 bridgehead atoms. The van der Waals surface area contributed by atoms with Crippen LogP contribution in [-0.2, 0) is 11.2 Å². The van der Waals surface area contributed by atoms with Crippen LogP contribution in [-0.4, -0.2) is 61.2 Å². The fourth-order valence-electron chi connectivity index (χ4n) is 2.11. The molecule has 20 heavy (non-hydrogen) atoms. The van der Waals surface area contributed by atoms with E-state index in [1.807, 2.05) is 25.1 Å². The van der Waals surface area contributed by atoms with Crippen LogP contribution < -0.4 is 0 Å². The molecule has 0 saturated carbocycles. The molecule has 1 N–H and O–H groups in total. The number of nitrogens with zero attached hydrogens (tertiary/aromatic N) is 2. The van der Waals surface area contributed by atoms with Crippen molar-refractivity contribution in [1.82, 2.24) is 9.80 Å². The predicted molar refractivity (Wildman–Crippen MR) is 82.0 cm³/mol. The zero-order chi connectivity index (χ0) is 14.8. The Bertz CT molecular complexity index is 379. The van der Waals surface area contributed by atoms with E-state index < -0.39 is 5.97 Å². The predicted octanol–water partition coefficient (Wildman–Crippen LogP) is 1.96. The van der Waals surface area contributed by atoms with Gasteiger partial charge in [0.2, 0.25) is 0 Å². The molecule has 0 amide bonds. The minimum Gasteiger partial charge on any atom is -0.480 e. The van der Waals surface area contributed by atoms with Gasteiger partial charge in [0.05, 0.1) is 6.54 Å². The molecule has 4 heteroatoms. The summed E-state index contributed by atoms with van der Waals surface area (Å²) in [5.74, 6) is -0.744. The standard InChI is InChI=1S/C16H26N2O2/c1-17(2)12-13-18(14-16(19)20)11-7-6-10-15-8-4-3-5-9-15/h3-5,8-9H,6-7,10-14H2,1-2H3,(H,19,20). The minimum atomic E-state index is -0.744. The fraction of sp³-hybridized carbons (Fsp3) is 0.562. The van der Waals surface area contributed by atoms with Crippen LogP contribution in [0.15, 0.2) is 30.3 Å². The van der Waals surface area contributed by atoms with Crippen molar-refractivity contribution in [3.8, 4) is 0 Å². The first-order chi connectivity index (χ1) is 9.58. The lowest BCUT2D eigenvalue weighted by Crippen LogP contribution is -2.36. The van der Waals surface area contributed by atoms with E-state index in [2.05, 4.69) is 29.2 Å². The van der Waals surface area contributed by atoms with Crippen molar-refractivity contribution in [3.63, 3.8) is 0 Å². The first kappa shape index (κ1) is 16.7. The third-order valence-electron chi connectivity index (χ3n) is 3.25. The number of aliphatic carboxylic acids is 1. The summed E-state index contributed by atoms with van der Waals surface area (Å²) in [6.07, 6.45) is 3.20. The average molecular weight is 278 g/mol. The minimum absolute atomic E-state index is 0.138. The highest BCUT2D eigenvalue weighted by Gasteiger charge is 2.09. The number of benzene rings is 1. The summed E-state index contributed by atoms with van der Waals surface area (Å²) in [6.45, 7) is 2.70. The number of hydrogen-bond acceptors (Lipinski definition) is 3. The molecule has 1 rings (SSSR count). The summed E-state index contributed by atoms with van der Waals surface area (Å²) in [6, 6.07) is 10.4. The normalized spacial score (nSPS) is 11.2. The highest BCUT2D eigenvalue weighted by molar-refractivity contribution is 5.69. The molecular formula is C16H26N2O2. The molecule has 0 aliphatic heterocycles. The van der Waals surface area contributed by atoms with Crippen molar-refractivity contribution >= 4 is 5.97 Å². The molecule has 112 valence electrons. The second-order valence-corrected chi connectivity index (χ2v) is 5.42. The van der Waals surface area contributed by atoms with E-state index in [0.29, 0.717) is 0 Å². The Morgan fingerprint density at radius 1 is 1.05 bits per heavy atom. The van der Waals surface area contributed by atoms with Gasteiger partial charge in [0.25, 0.3) is 0 Å². The molecule has 0 unspecified atom stereocenters. The van der Waals surface area contributed by atoms with Gasteiger partial charge in [-0.25, -0.2) is 0 Å². The van der Waals surface area contributed by atoms with Gasteiger partial charge in [-0.15, -0.1) is 0 Å². The summed E-state index contributed by atoms with van der Waals surface area (Å²) in [5.41, 5.74) is 1.35. The van der Waals surface area contributed by atoms with Crippen molar-refractivity contribution in [3.05, 3.63) is 35.9 Å². The first-order valence-electron chi connectivity index (χ1n) is 7.20. The monoisotopic (exact) mass is 278 g/mol. The molecule has 0 aromatic heterocycles. The SMILES string of the molecule is CN(C)CCN(CCCCc1ccccc1)CC(=O)O. The Morgan fingerprint density at radius 3 is 2.35 bits per heavy atom. The second-order valence-electron chi connectivity index (χ2n) is 5.42. The van der Waals surface area contributed by atoms with Crippen molar-refractivity contribution in [2.24, 2.45) is 0 Å². The maximum Gasteiger partial charge on any atom is 0.317 e. The smallest absolute Gasteiger partial charge is 0.317 e. The number of unbranched alkanes of at least 4 members (excludes halogenated alkanes) is 1. The van der Waals surface area contributed by atoms with E-state index >= 15 is 0 Å². The lowest BCUT2D eigenvalue weighted by atomic mass is 10.1. The summed E-state index contributed by atoms with van der Waals surface area (Å²) in [5, 5.41) is 8.93. The molecule has 0 saturated heterocycles. The fourth-order valence-corrected chi connectivity index (χ4v) is 2.11. The van der Waals surface area contributed by atoms with E-state index in [1.54, 1.807) is 0 Å². The van der Waals surface area contributed by atoms with Gasteiger partial charge in [-0.1, -0.05) is 30.3 Å². The molecule has 0 atom stereocenters. The van der Waals surface area contributed by atoms with Crippen LogP contribution in [0.25, 0.3) is 0 Å². The number of carboxylic acids is 1. The van der Waals surface area contributed by atoms with Gasteiger partial charge in [-0.3, -0.25) is 9.69 Å². The van der Waals surface area contributed by atoms with E-state index in [1.165, 1.54) is 5.56 Å². The summed E-state index contributed by atoms with van der Waals surface area (Å²) < 4.78 is 0. The van der Waals surface area contributed by atoms with E-state index in [-0.39, 0.29) is 6.54 Å². The highest BCUT2D eigenvalue weighted by atomic mass is 16.4. The van der Waals surface area contributed by atoms with Gasteiger partial charge >= 0.3 is 5.97 Å². The number of hydrogen-bond donors (Lipinski definition) is 1. The Labute approximate surface area is 122 Å². The Balaban J connectivity index is 2.25. The van der Waals surface area contributed by atoms with Crippen LogP contribution in [0, 0.1) is 0 Å².